The lowest BCUT2D eigenvalue weighted by atomic mass is 9.74. The van der Waals surface area contributed by atoms with Gasteiger partial charge in [-0.2, -0.15) is 0 Å². The summed E-state index contributed by atoms with van der Waals surface area (Å²) in [6.45, 7) is 19.7. The first-order valence-corrected chi connectivity index (χ1v) is 46.5. The lowest BCUT2D eigenvalue weighted by molar-refractivity contribution is -0.263. The molecule has 3 heterocycles. The molecule has 32 nitrogen and oxygen atoms in total. The molecule has 3 saturated heterocycles. The Morgan fingerprint density at radius 2 is 0.695 bits per heavy atom. The van der Waals surface area contributed by atoms with Crippen molar-refractivity contribution < 1.29 is 121 Å². The van der Waals surface area contributed by atoms with Crippen LogP contribution in [0.4, 0.5) is 9.59 Å². The van der Waals surface area contributed by atoms with Crippen molar-refractivity contribution in [3.05, 3.63) is 215 Å². The number of aliphatic carboxylic acids is 1. The Hall–Kier alpha value is -9.79. The number of epoxide rings is 1. The highest BCUT2D eigenvalue weighted by atomic mass is 79.9. The van der Waals surface area contributed by atoms with E-state index in [1.54, 1.807) is 62.3 Å². The van der Waals surface area contributed by atoms with Gasteiger partial charge in [0.1, 0.15) is 35.1 Å². The highest BCUT2D eigenvalue weighted by Crippen LogP contribution is 2.43. The van der Waals surface area contributed by atoms with E-state index in [0.29, 0.717) is 103 Å². The number of Topliss-reactive ketones (excluding diaryl/α,β-unsaturated/α-hetero) is 1. The SMILES string of the molecule is BrCC(CBr)OCc1ccccc1.BrCC1CO1.CC(C)(C)OC([O-])=NC1(C(=O)O)CC(OCc2ccccc2)C1.COC(=O)C1(N=C([O-])OC(C)(C)C)CC(O)C1.COC(=O)C1(N=C([O-])OC(C)(C)C)CC(OCc2ccccc2)C1.O=C1CC(OCc2ccccc2)C1.O=C1NC(=O)C2(CC(OCc3ccccc3)C2)N1.O=C1NC(=O)C2(CC(OCc3ccccc3)C2)N1. The molecule has 9 aliphatic rings. The average Bonchev–Trinajstić information content (AvgIpc) is 1.65. The van der Waals surface area contributed by atoms with Gasteiger partial charge in [0, 0.05) is 110 Å². The number of benzene rings is 6. The van der Waals surface area contributed by atoms with Crippen LogP contribution in [-0.2, 0) is 125 Å². The Morgan fingerprint density at radius 3 is 0.924 bits per heavy atom. The number of carbonyl (C=O) groups excluding carboxylic acids is 7. The molecule has 6 amide bonds. The molecule has 1 unspecified atom stereocenters. The molecule has 6 N–H and O–H groups in total. The van der Waals surface area contributed by atoms with E-state index in [1.165, 1.54) is 25.3 Å². The first-order chi connectivity index (χ1) is 62.1. The predicted molar refractivity (Wildman–Crippen MR) is 491 cm³/mol. The number of carboxylic acids is 1. The number of urea groups is 2. The third-order valence-electron chi connectivity index (χ3n) is 21.2. The molecular formula is C96H121Br3N7O25-3. The smallest absolute Gasteiger partial charge is 0.334 e. The summed E-state index contributed by atoms with van der Waals surface area (Å²) in [5, 5.41) is 66.4. The molecule has 131 heavy (non-hydrogen) atoms. The number of hydrogen-bond acceptors (Lipinski definition) is 27. The maximum atomic E-state index is 12.1. The van der Waals surface area contributed by atoms with Gasteiger partial charge in [0.2, 0.25) is 0 Å². The minimum atomic E-state index is -1.43. The van der Waals surface area contributed by atoms with Gasteiger partial charge in [0.15, 0.2) is 16.6 Å². The van der Waals surface area contributed by atoms with Crippen LogP contribution >= 0.6 is 47.8 Å². The number of aliphatic imine (C=N–C) groups is 3. The number of nitrogens with zero attached hydrogens (tertiary/aromatic N) is 3. The second-order valence-corrected chi connectivity index (χ2v) is 37.7. The number of aliphatic hydroxyl groups excluding tert-OH is 1. The summed E-state index contributed by atoms with van der Waals surface area (Å²) in [7, 11) is 2.51. The lowest BCUT2D eigenvalue weighted by Crippen LogP contribution is -2.59. The van der Waals surface area contributed by atoms with Crippen LogP contribution in [0.3, 0.4) is 0 Å². The van der Waals surface area contributed by atoms with Crippen LogP contribution < -0.4 is 36.6 Å². The van der Waals surface area contributed by atoms with Crippen molar-refractivity contribution in [3.8, 4) is 0 Å². The van der Waals surface area contributed by atoms with Crippen molar-refractivity contribution in [1.82, 2.24) is 21.3 Å². The molecule has 9 fully saturated rings. The molecule has 6 aliphatic carbocycles. The zero-order valence-corrected chi connectivity index (χ0v) is 80.5. The van der Waals surface area contributed by atoms with Crippen LogP contribution in [0.5, 0.6) is 0 Å². The fourth-order valence-electron chi connectivity index (χ4n) is 13.9. The summed E-state index contributed by atoms with van der Waals surface area (Å²) in [6, 6.07) is 58.6. The number of ether oxygens (including phenoxy) is 12. The van der Waals surface area contributed by atoms with Crippen LogP contribution in [0.15, 0.2) is 197 Å². The highest BCUT2D eigenvalue weighted by Gasteiger charge is 2.58. The van der Waals surface area contributed by atoms with Gasteiger partial charge in [0.25, 0.3) is 11.8 Å². The second kappa shape index (κ2) is 50.3. The van der Waals surface area contributed by atoms with Crippen molar-refractivity contribution in [2.24, 2.45) is 15.0 Å². The molecule has 0 radical (unpaired) electrons. The molecule has 0 bridgehead atoms. The van der Waals surface area contributed by atoms with Gasteiger partial charge in [-0.3, -0.25) is 40.0 Å². The minimum absolute atomic E-state index is 0.0364. The summed E-state index contributed by atoms with van der Waals surface area (Å²) in [5.74, 6) is -2.42. The van der Waals surface area contributed by atoms with Crippen molar-refractivity contribution in [2.45, 2.75) is 272 Å². The van der Waals surface area contributed by atoms with E-state index < -0.39 is 98.8 Å². The monoisotopic (exact) mass is 2010 g/mol. The van der Waals surface area contributed by atoms with Crippen LogP contribution in [0, 0.1) is 0 Å². The zero-order valence-electron chi connectivity index (χ0n) is 75.8. The van der Waals surface area contributed by atoms with Crippen LogP contribution in [0.1, 0.15) is 173 Å². The minimum Gasteiger partial charge on any atom is -0.595 e. The standard InChI is InChI=1S/C18H25NO5.C17H23NO5.2C13H14N2O3.C11H19NO5.C11H12O2.C10H12Br2O.C3H5BrO/c1-17(2,3)24-16(21)19-18(15(20)22-4)10-14(11-18)23-12-13-8-6-5-7-9-13;1-16(2,3)23-15(21)18-17(14(19)20)9-13(10-17)22-11-12-7-5-4-6-8-12;2*16-11-13(15-12(17)14-11)6-10(7-13)18-8-9-4-2-1-3-5-9;1-10(2,3)17-9(15)12-11(8(14)16-4)5-7(13)6-11;12-10-6-11(7-10)13-8-9-4-2-1-3-5-9;11-6-10(7-12)13-8-9-4-2-1-3-5-9;4-1-3-2-5-3/h5-9,14H,10-12H2,1-4H3,(H,19,21);4-8,13H,9-11H2,1-3H3,(H,18,21)(H,19,20);2*1-5,10H,6-8H2,(H2,14,15,16,17);7,13H,5-6H2,1-4H3,(H,12,15);1-5,11H,6-8H2;1-5,10H,6-8H2;3H,1-2H2/p-3. The maximum Gasteiger partial charge on any atom is 0.334 e. The second-order valence-electron chi connectivity index (χ2n) is 35.7. The number of aliphatic hydroxyl groups is 1. The molecule has 6 aromatic rings. The Bertz CT molecular complexity index is 4580. The quantitative estimate of drug-likeness (QED) is 0.00696. The Morgan fingerprint density at radius 1 is 0.427 bits per heavy atom. The molecule has 3 aliphatic heterocycles. The van der Waals surface area contributed by atoms with Crippen molar-refractivity contribution in [3.63, 3.8) is 0 Å². The fourth-order valence-corrected chi connectivity index (χ4v) is 15.7. The van der Waals surface area contributed by atoms with Crippen molar-refractivity contribution in [2.75, 3.05) is 36.8 Å². The van der Waals surface area contributed by atoms with Gasteiger partial charge in [-0.05, 0) is 33.4 Å². The molecule has 6 aromatic carbocycles. The van der Waals surface area contributed by atoms with Gasteiger partial charge in [-0.15, -0.1) is 0 Å². The van der Waals surface area contributed by atoms with E-state index in [0.717, 1.165) is 44.9 Å². The third kappa shape index (κ3) is 35.6. The van der Waals surface area contributed by atoms with Crippen LogP contribution in [-0.4, -0.2) is 206 Å². The molecule has 0 aromatic heterocycles. The summed E-state index contributed by atoms with van der Waals surface area (Å²) in [6.07, 6.45) is 2.23. The number of amides is 6. The van der Waals surface area contributed by atoms with Gasteiger partial charge in [-0.25, -0.2) is 24.0 Å². The molecule has 2 spiro atoms. The topological polar surface area (TPSA) is 445 Å². The maximum absolute atomic E-state index is 12.1. The van der Waals surface area contributed by atoms with E-state index in [4.69, 9.17) is 52.1 Å². The molecule has 15 rings (SSSR count). The molecule has 35 heteroatoms. The van der Waals surface area contributed by atoms with E-state index in [9.17, 15) is 63.9 Å². The summed E-state index contributed by atoms with van der Waals surface area (Å²) >= 11 is 10.0. The van der Waals surface area contributed by atoms with E-state index in [-0.39, 0.29) is 74.1 Å². The molecular weight excluding hydrogens is 1890 g/mol. The third-order valence-corrected chi connectivity index (χ3v) is 23.3. The van der Waals surface area contributed by atoms with Crippen LogP contribution in [0.2, 0.25) is 0 Å². The number of nitrogens with one attached hydrogen (secondary N) is 4. The number of ketones is 1. The van der Waals surface area contributed by atoms with E-state index in [2.05, 4.69) is 101 Å². The number of carbonyl (C=O) groups is 8. The van der Waals surface area contributed by atoms with E-state index in [1.807, 2.05) is 170 Å². The predicted octanol–water partition coefficient (Wildman–Crippen LogP) is 11.1. The van der Waals surface area contributed by atoms with Crippen LogP contribution in [0.25, 0.3) is 0 Å². The first kappa shape index (κ1) is 107. The first-order valence-electron chi connectivity index (χ1n) is 43.1. The highest BCUT2D eigenvalue weighted by molar-refractivity contribution is 9.10. The lowest BCUT2D eigenvalue weighted by Gasteiger charge is -2.43. The number of halogens is 3. The number of carboxylic acid groups (broad SMARTS) is 1. The molecule has 1 atom stereocenters. The summed E-state index contributed by atoms with van der Waals surface area (Å²) in [4.78, 5) is 102. The summed E-state index contributed by atoms with van der Waals surface area (Å²) < 4.78 is 63.5. The largest absolute Gasteiger partial charge is 0.595 e. The van der Waals surface area contributed by atoms with E-state index >= 15 is 0 Å². The van der Waals surface area contributed by atoms with Gasteiger partial charge < -0.3 is 93.0 Å². The van der Waals surface area contributed by atoms with Crippen molar-refractivity contribution >= 4 is 114 Å². The Labute approximate surface area is 790 Å². The molecule has 6 saturated carbocycles. The number of imide groups is 2. The number of hydrogen-bond donors (Lipinski definition) is 6. The van der Waals surface area contributed by atoms with Gasteiger partial charge in [0.05, 0.1) is 109 Å². The number of esters is 2. The normalized spacial score (nSPS) is 24.9. The fraction of sp³-hybridized carbons (Fsp3) is 0.510. The average molecular weight is 2010 g/mol. The zero-order chi connectivity index (χ0) is 95.6. The number of alkyl halides is 3. The summed E-state index contributed by atoms with van der Waals surface area (Å²) in [5.41, 5.74) is -0.664. The van der Waals surface area contributed by atoms with Gasteiger partial charge >= 0.3 is 30.0 Å². The van der Waals surface area contributed by atoms with Gasteiger partial charge in [-0.1, -0.05) is 292 Å². The Balaban J connectivity index is 0.000000188. The number of rotatable bonds is 27. The molecule has 714 valence electrons. The number of methoxy groups -OCH3 is 2. The van der Waals surface area contributed by atoms with Crippen molar-refractivity contribution in [1.29, 1.82) is 0 Å². The Kier molecular flexibility index (Phi) is 40.9.